The molecule has 0 unspecified atom stereocenters. The van der Waals surface area contributed by atoms with Gasteiger partial charge in [-0.2, -0.15) is 5.10 Å². The lowest BCUT2D eigenvalue weighted by Gasteiger charge is -2.09. The van der Waals surface area contributed by atoms with E-state index in [1.165, 1.54) is 23.2 Å². The van der Waals surface area contributed by atoms with Crippen molar-refractivity contribution in [2.45, 2.75) is 13.8 Å². The van der Waals surface area contributed by atoms with E-state index in [0.717, 1.165) is 15.8 Å². The number of nitrogens with one attached hydrogen (secondary N) is 1. The van der Waals surface area contributed by atoms with E-state index in [4.69, 9.17) is 0 Å². The second-order valence-corrected chi connectivity index (χ2v) is 4.94. The summed E-state index contributed by atoms with van der Waals surface area (Å²) < 4.78 is 2.38. The Hall–Kier alpha value is -2.63. The molecule has 0 aliphatic heterocycles. The molecule has 0 atom stereocenters. The summed E-state index contributed by atoms with van der Waals surface area (Å²) in [7, 11) is 3.02. The first kappa shape index (κ1) is 14.8. The molecule has 1 N–H and O–H groups in total. The third-order valence-corrected chi connectivity index (χ3v) is 3.33. The van der Waals surface area contributed by atoms with Crippen molar-refractivity contribution in [2.75, 3.05) is 5.43 Å². The summed E-state index contributed by atoms with van der Waals surface area (Å²) in [5.74, 6) is 0.356. The first-order valence-electron chi connectivity index (χ1n) is 6.54. The Morgan fingerprint density at radius 3 is 2.33 bits per heavy atom. The predicted molar refractivity (Wildman–Crippen MR) is 83.9 cm³/mol. The normalized spacial score (nSPS) is 11.5. The predicted octanol–water partition coefficient (Wildman–Crippen LogP) is 1.23. The van der Waals surface area contributed by atoms with Gasteiger partial charge in [0.05, 0.1) is 5.71 Å². The molecule has 1 heterocycles. The number of aromatic nitrogens is 2. The Labute approximate surface area is 122 Å². The highest BCUT2D eigenvalue weighted by atomic mass is 16.2. The molecule has 0 fully saturated rings. The number of anilines is 1. The van der Waals surface area contributed by atoms with Gasteiger partial charge in [0.15, 0.2) is 0 Å². The van der Waals surface area contributed by atoms with Gasteiger partial charge in [0.25, 0.3) is 5.56 Å². The maximum absolute atomic E-state index is 11.8. The highest BCUT2D eigenvalue weighted by Crippen LogP contribution is 2.06. The third-order valence-electron chi connectivity index (χ3n) is 3.33. The summed E-state index contributed by atoms with van der Waals surface area (Å²) in [4.78, 5) is 23.4. The number of hydrogen-bond acceptors (Lipinski definition) is 4. The molecule has 1 aromatic heterocycles. The van der Waals surface area contributed by atoms with E-state index in [0.29, 0.717) is 5.82 Å². The van der Waals surface area contributed by atoms with Crippen LogP contribution in [0.1, 0.15) is 18.1 Å². The molecule has 0 spiro atoms. The summed E-state index contributed by atoms with van der Waals surface area (Å²) in [5.41, 5.74) is 4.92. The van der Waals surface area contributed by atoms with Crippen LogP contribution in [0.5, 0.6) is 0 Å². The second-order valence-electron chi connectivity index (χ2n) is 4.94. The molecule has 0 bridgehead atoms. The van der Waals surface area contributed by atoms with Crippen LogP contribution in [0.15, 0.2) is 45.0 Å². The van der Waals surface area contributed by atoms with Crippen molar-refractivity contribution in [1.29, 1.82) is 0 Å². The van der Waals surface area contributed by atoms with E-state index in [9.17, 15) is 9.59 Å². The third kappa shape index (κ3) is 3.10. The van der Waals surface area contributed by atoms with Crippen LogP contribution in [0.2, 0.25) is 0 Å². The smallest absolute Gasteiger partial charge is 0.281 e. The van der Waals surface area contributed by atoms with Crippen molar-refractivity contribution in [3.05, 3.63) is 62.3 Å². The summed E-state index contributed by atoms with van der Waals surface area (Å²) in [6.07, 6.45) is 0. The molecule has 2 rings (SSSR count). The molecule has 110 valence electrons. The fourth-order valence-electron chi connectivity index (χ4n) is 1.84. The van der Waals surface area contributed by atoms with Gasteiger partial charge in [-0.05, 0) is 19.4 Å². The molecule has 0 aliphatic rings. The molecule has 6 heteroatoms. The van der Waals surface area contributed by atoms with Crippen molar-refractivity contribution in [3.63, 3.8) is 0 Å². The van der Waals surface area contributed by atoms with E-state index < -0.39 is 5.69 Å². The van der Waals surface area contributed by atoms with E-state index in [1.807, 2.05) is 38.1 Å². The minimum absolute atomic E-state index is 0.356. The number of hydrazone groups is 1. The van der Waals surface area contributed by atoms with Gasteiger partial charge in [-0.25, -0.2) is 4.79 Å². The van der Waals surface area contributed by atoms with Crippen LogP contribution in [0.25, 0.3) is 0 Å². The molecular formula is C15H18N4O2. The zero-order valence-corrected chi connectivity index (χ0v) is 12.5. The summed E-state index contributed by atoms with van der Waals surface area (Å²) in [5, 5.41) is 4.23. The molecule has 0 aliphatic carbocycles. The van der Waals surface area contributed by atoms with Gasteiger partial charge in [0.2, 0.25) is 0 Å². The zero-order valence-electron chi connectivity index (χ0n) is 12.5. The molecule has 21 heavy (non-hydrogen) atoms. The summed E-state index contributed by atoms with van der Waals surface area (Å²) in [6, 6.07) is 9.29. The van der Waals surface area contributed by atoms with Gasteiger partial charge in [-0.1, -0.05) is 29.8 Å². The average molecular weight is 286 g/mol. The van der Waals surface area contributed by atoms with Gasteiger partial charge < -0.3 is 0 Å². The average Bonchev–Trinajstić information content (AvgIpc) is 2.48. The first-order chi connectivity index (χ1) is 9.90. The van der Waals surface area contributed by atoms with Gasteiger partial charge in [0.1, 0.15) is 5.82 Å². The number of benzene rings is 1. The monoisotopic (exact) mass is 286 g/mol. The van der Waals surface area contributed by atoms with Crippen LogP contribution < -0.4 is 16.7 Å². The molecule has 0 saturated heterocycles. The lowest BCUT2D eigenvalue weighted by atomic mass is 10.1. The minimum atomic E-state index is -0.395. The fraction of sp³-hybridized carbons (Fsp3) is 0.267. The molecular weight excluding hydrogens is 268 g/mol. The lowest BCUT2D eigenvalue weighted by Crippen LogP contribution is -2.37. The van der Waals surface area contributed by atoms with Gasteiger partial charge in [0, 0.05) is 20.2 Å². The van der Waals surface area contributed by atoms with Crippen molar-refractivity contribution < 1.29 is 0 Å². The lowest BCUT2D eigenvalue weighted by molar-refractivity contribution is 0.690. The Kier molecular flexibility index (Phi) is 4.07. The topological polar surface area (TPSA) is 68.4 Å². The maximum atomic E-state index is 11.8. The maximum Gasteiger partial charge on any atom is 0.332 e. The summed E-state index contributed by atoms with van der Waals surface area (Å²) in [6.45, 7) is 3.88. The van der Waals surface area contributed by atoms with Gasteiger partial charge in [-0.15, -0.1) is 0 Å². The highest BCUT2D eigenvalue weighted by molar-refractivity contribution is 5.99. The van der Waals surface area contributed by atoms with E-state index in [1.54, 1.807) is 7.05 Å². The van der Waals surface area contributed by atoms with Crippen LogP contribution in [-0.2, 0) is 14.1 Å². The number of aryl methyl sites for hydroxylation is 1. The SMILES string of the molecule is C/C(=N\Nc1cc(=O)n(C)c(=O)n1C)c1ccc(C)cc1. The van der Waals surface area contributed by atoms with E-state index >= 15 is 0 Å². The molecule has 0 amide bonds. The minimum Gasteiger partial charge on any atom is -0.281 e. The Balaban J connectivity index is 2.31. The summed E-state index contributed by atoms with van der Waals surface area (Å²) >= 11 is 0. The number of hydrogen-bond donors (Lipinski definition) is 1. The van der Waals surface area contributed by atoms with Crippen molar-refractivity contribution in [2.24, 2.45) is 19.2 Å². The van der Waals surface area contributed by atoms with Crippen LogP contribution in [-0.4, -0.2) is 14.8 Å². The van der Waals surface area contributed by atoms with Crippen LogP contribution in [0.3, 0.4) is 0 Å². The Morgan fingerprint density at radius 1 is 1.10 bits per heavy atom. The molecule has 1 aromatic carbocycles. The quantitative estimate of drug-likeness (QED) is 0.681. The largest absolute Gasteiger partial charge is 0.332 e. The Morgan fingerprint density at radius 2 is 1.71 bits per heavy atom. The molecule has 0 radical (unpaired) electrons. The fourth-order valence-corrected chi connectivity index (χ4v) is 1.84. The number of rotatable bonds is 3. The molecule has 2 aromatic rings. The standard InChI is InChI=1S/C15H18N4O2/c1-10-5-7-12(8-6-10)11(2)16-17-13-9-14(20)19(4)15(21)18(13)3/h5-9,17H,1-4H3/b16-11+. The van der Waals surface area contributed by atoms with Crippen LogP contribution in [0.4, 0.5) is 5.82 Å². The van der Waals surface area contributed by atoms with Crippen molar-refractivity contribution in [3.8, 4) is 0 Å². The Bertz CT molecular complexity index is 798. The van der Waals surface area contributed by atoms with Gasteiger partial charge >= 0.3 is 5.69 Å². The zero-order chi connectivity index (χ0) is 15.6. The van der Waals surface area contributed by atoms with Crippen LogP contribution >= 0.6 is 0 Å². The van der Waals surface area contributed by atoms with Gasteiger partial charge in [-0.3, -0.25) is 19.4 Å². The van der Waals surface area contributed by atoms with E-state index in [2.05, 4.69) is 10.5 Å². The van der Waals surface area contributed by atoms with Crippen molar-refractivity contribution in [1.82, 2.24) is 9.13 Å². The first-order valence-corrected chi connectivity index (χ1v) is 6.54. The number of nitrogens with zero attached hydrogens (tertiary/aromatic N) is 3. The second kappa shape index (κ2) is 5.78. The highest BCUT2D eigenvalue weighted by Gasteiger charge is 2.05. The molecule has 6 nitrogen and oxygen atoms in total. The van der Waals surface area contributed by atoms with E-state index in [-0.39, 0.29) is 5.56 Å². The van der Waals surface area contributed by atoms with Crippen LogP contribution in [0, 0.1) is 6.92 Å². The molecule has 0 saturated carbocycles. The van der Waals surface area contributed by atoms with Crippen molar-refractivity contribution >= 4 is 11.5 Å².